The molecule has 1 aliphatic rings. The number of hydrogen-bond donors (Lipinski definition) is 4. The standard InChI is InChI=1S/C29H32O8/c1-16(2)6-9-19-12-18(8-11-22(19)30)15-29(28(35)36-5)24(26(33)27(34)37-29)21-13-20(10-7-17(3)4)25(32)23(31)14-21/h6-8,11-14,30-33H,9-10,15H2,1-5H3/t29-/m1/s1. The third-order valence-corrected chi connectivity index (χ3v) is 6.13. The maximum Gasteiger partial charge on any atom is 0.375 e. The monoisotopic (exact) mass is 508 g/mol. The summed E-state index contributed by atoms with van der Waals surface area (Å²) < 4.78 is 10.5. The zero-order chi connectivity index (χ0) is 27.5. The molecule has 0 fully saturated rings. The van der Waals surface area contributed by atoms with Gasteiger partial charge in [0.05, 0.1) is 12.7 Å². The first-order valence-corrected chi connectivity index (χ1v) is 11.8. The molecule has 2 aromatic carbocycles. The first-order valence-electron chi connectivity index (χ1n) is 11.8. The highest BCUT2D eigenvalue weighted by atomic mass is 16.6. The Kier molecular flexibility index (Phi) is 8.01. The summed E-state index contributed by atoms with van der Waals surface area (Å²) in [7, 11) is 1.14. The van der Waals surface area contributed by atoms with Gasteiger partial charge in [-0.15, -0.1) is 0 Å². The van der Waals surface area contributed by atoms with Crippen LogP contribution in [0.1, 0.15) is 49.9 Å². The first kappa shape index (κ1) is 27.4. The second kappa shape index (κ2) is 10.8. The lowest BCUT2D eigenvalue weighted by Gasteiger charge is -2.28. The van der Waals surface area contributed by atoms with Crippen LogP contribution in [0.3, 0.4) is 0 Å². The van der Waals surface area contributed by atoms with Gasteiger partial charge < -0.3 is 29.9 Å². The largest absolute Gasteiger partial charge is 0.508 e. The third-order valence-electron chi connectivity index (χ3n) is 6.13. The second-order valence-corrected chi connectivity index (χ2v) is 9.55. The molecular weight excluding hydrogens is 476 g/mol. The van der Waals surface area contributed by atoms with Crippen molar-refractivity contribution in [3.63, 3.8) is 0 Å². The summed E-state index contributed by atoms with van der Waals surface area (Å²) in [6.45, 7) is 7.63. The molecule has 0 spiro atoms. The van der Waals surface area contributed by atoms with Gasteiger partial charge in [0.2, 0.25) is 11.4 Å². The highest BCUT2D eigenvalue weighted by molar-refractivity contribution is 6.11. The van der Waals surface area contributed by atoms with Gasteiger partial charge in [-0.1, -0.05) is 35.4 Å². The van der Waals surface area contributed by atoms with Gasteiger partial charge in [0.15, 0.2) is 11.5 Å². The maximum absolute atomic E-state index is 13.2. The van der Waals surface area contributed by atoms with E-state index in [1.807, 2.05) is 39.8 Å². The lowest BCUT2D eigenvalue weighted by molar-refractivity contribution is -0.169. The van der Waals surface area contributed by atoms with Crippen LogP contribution in [0, 0.1) is 0 Å². The molecule has 0 saturated carbocycles. The van der Waals surface area contributed by atoms with E-state index >= 15 is 0 Å². The van der Waals surface area contributed by atoms with Gasteiger partial charge in [-0.2, -0.15) is 0 Å². The fraction of sp³-hybridized carbons (Fsp3) is 0.310. The van der Waals surface area contributed by atoms with Crippen molar-refractivity contribution in [3.8, 4) is 17.2 Å². The lowest BCUT2D eigenvalue weighted by Crippen LogP contribution is -2.44. The molecule has 1 aliphatic heterocycles. The molecule has 0 aromatic heterocycles. The van der Waals surface area contributed by atoms with Crippen molar-refractivity contribution in [1.82, 2.24) is 0 Å². The number of phenols is 3. The summed E-state index contributed by atoms with van der Waals surface area (Å²) in [4.78, 5) is 25.8. The van der Waals surface area contributed by atoms with E-state index in [4.69, 9.17) is 9.47 Å². The quantitative estimate of drug-likeness (QED) is 0.227. The number of methoxy groups -OCH3 is 1. The van der Waals surface area contributed by atoms with E-state index in [0.717, 1.165) is 24.3 Å². The number of aliphatic hydroxyl groups is 1. The van der Waals surface area contributed by atoms with E-state index in [2.05, 4.69) is 0 Å². The van der Waals surface area contributed by atoms with Crippen molar-refractivity contribution in [1.29, 1.82) is 0 Å². The van der Waals surface area contributed by atoms with E-state index in [0.29, 0.717) is 23.1 Å². The van der Waals surface area contributed by atoms with Crippen LogP contribution in [0.4, 0.5) is 0 Å². The Bertz CT molecular complexity index is 1320. The predicted molar refractivity (Wildman–Crippen MR) is 138 cm³/mol. The molecule has 8 heteroatoms. The van der Waals surface area contributed by atoms with Gasteiger partial charge in [-0.05, 0) is 75.4 Å². The number of rotatable bonds is 8. The highest BCUT2D eigenvalue weighted by Gasteiger charge is 2.56. The number of cyclic esters (lactones) is 1. The summed E-state index contributed by atoms with van der Waals surface area (Å²) in [5, 5.41) is 41.9. The van der Waals surface area contributed by atoms with Crippen molar-refractivity contribution in [3.05, 3.63) is 81.6 Å². The molecule has 37 heavy (non-hydrogen) atoms. The molecule has 0 bridgehead atoms. The topological polar surface area (TPSA) is 134 Å². The fourth-order valence-corrected chi connectivity index (χ4v) is 4.23. The van der Waals surface area contributed by atoms with Gasteiger partial charge in [-0.25, -0.2) is 9.59 Å². The zero-order valence-corrected chi connectivity index (χ0v) is 21.6. The predicted octanol–water partition coefficient (Wildman–Crippen LogP) is 4.80. The molecule has 196 valence electrons. The normalized spacial score (nSPS) is 16.8. The van der Waals surface area contributed by atoms with Crippen molar-refractivity contribution >= 4 is 17.5 Å². The maximum atomic E-state index is 13.2. The van der Waals surface area contributed by atoms with Crippen LogP contribution >= 0.6 is 0 Å². The Morgan fingerprint density at radius 1 is 0.919 bits per heavy atom. The number of aliphatic hydroxyl groups excluding tert-OH is 1. The van der Waals surface area contributed by atoms with Crippen LogP contribution in [0.5, 0.6) is 17.2 Å². The Balaban J connectivity index is 2.18. The molecule has 4 N–H and O–H groups in total. The first-order chi connectivity index (χ1) is 17.4. The zero-order valence-electron chi connectivity index (χ0n) is 21.6. The van der Waals surface area contributed by atoms with Crippen molar-refractivity contribution in [2.45, 2.75) is 52.6 Å². The van der Waals surface area contributed by atoms with E-state index in [1.165, 1.54) is 12.1 Å². The number of phenolic OH excluding ortho intramolecular Hbond substituents is 3. The molecule has 8 nitrogen and oxygen atoms in total. The minimum atomic E-state index is -2.07. The Hall–Kier alpha value is -4.20. The number of aromatic hydroxyl groups is 3. The molecule has 3 rings (SSSR count). The van der Waals surface area contributed by atoms with Gasteiger partial charge in [0.25, 0.3) is 0 Å². The Morgan fingerprint density at radius 3 is 2.14 bits per heavy atom. The number of benzene rings is 2. The molecular formula is C29H32O8. The number of allylic oxidation sites excluding steroid dienone is 4. The molecule has 0 amide bonds. The number of hydrogen-bond acceptors (Lipinski definition) is 8. The molecule has 0 aliphatic carbocycles. The molecule has 1 atom stereocenters. The Morgan fingerprint density at radius 2 is 1.54 bits per heavy atom. The van der Waals surface area contributed by atoms with Gasteiger partial charge in [-0.3, -0.25) is 0 Å². The van der Waals surface area contributed by atoms with Crippen LogP contribution in [0.15, 0.2) is 59.4 Å². The summed E-state index contributed by atoms with van der Waals surface area (Å²) >= 11 is 0. The molecule has 0 unspecified atom stereocenters. The van der Waals surface area contributed by atoms with Gasteiger partial charge in [0.1, 0.15) is 5.75 Å². The minimum Gasteiger partial charge on any atom is -0.508 e. The highest BCUT2D eigenvalue weighted by Crippen LogP contribution is 2.45. The number of carbonyl (C=O) groups is 2. The Labute approximate surface area is 215 Å². The van der Waals surface area contributed by atoms with Crippen LogP contribution in [0.2, 0.25) is 0 Å². The molecule has 0 radical (unpaired) electrons. The summed E-state index contributed by atoms with van der Waals surface area (Å²) in [6, 6.07) is 7.40. The average Bonchev–Trinajstić information content (AvgIpc) is 3.09. The smallest absolute Gasteiger partial charge is 0.375 e. The number of carbonyl (C=O) groups excluding carboxylic acids is 2. The van der Waals surface area contributed by atoms with Crippen LogP contribution in [0.25, 0.3) is 5.57 Å². The van der Waals surface area contributed by atoms with Crippen molar-refractivity contribution < 1.29 is 39.5 Å². The number of ether oxygens (including phenoxy) is 2. The van der Waals surface area contributed by atoms with E-state index < -0.39 is 29.0 Å². The van der Waals surface area contributed by atoms with Gasteiger partial charge in [0, 0.05) is 12.0 Å². The van der Waals surface area contributed by atoms with Crippen LogP contribution < -0.4 is 0 Å². The second-order valence-electron chi connectivity index (χ2n) is 9.55. The third kappa shape index (κ3) is 5.63. The average molecular weight is 509 g/mol. The summed E-state index contributed by atoms with van der Waals surface area (Å²) in [6.07, 6.45) is 4.27. The molecule has 1 heterocycles. The van der Waals surface area contributed by atoms with E-state index in [1.54, 1.807) is 12.1 Å². The van der Waals surface area contributed by atoms with Crippen molar-refractivity contribution in [2.75, 3.05) is 7.11 Å². The van der Waals surface area contributed by atoms with Crippen molar-refractivity contribution in [2.24, 2.45) is 0 Å². The lowest BCUT2D eigenvalue weighted by atomic mass is 9.82. The summed E-state index contributed by atoms with van der Waals surface area (Å²) in [5.74, 6) is -3.62. The minimum absolute atomic E-state index is 0.0720. The molecule has 0 saturated heterocycles. The van der Waals surface area contributed by atoms with Crippen LogP contribution in [-0.4, -0.2) is 45.1 Å². The molecule has 2 aromatic rings. The van der Waals surface area contributed by atoms with E-state index in [-0.39, 0.29) is 35.5 Å². The van der Waals surface area contributed by atoms with E-state index in [9.17, 15) is 30.0 Å². The fourth-order valence-electron chi connectivity index (χ4n) is 4.23. The SMILES string of the molecule is COC(=O)[C@]1(Cc2ccc(O)c(CC=C(C)C)c2)OC(=O)C(O)=C1c1cc(O)c(O)c(CC=C(C)C)c1. The van der Waals surface area contributed by atoms with Gasteiger partial charge >= 0.3 is 11.9 Å². The number of esters is 2. The summed E-state index contributed by atoms with van der Waals surface area (Å²) in [5.41, 5.74) is 1.36. The van der Waals surface area contributed by atoms with Crippen LogP contribution in [-0.2, 0) is 38.3 Å².